The minimum atomic E-state index is -0.118. The summed E-state index contributed by atoms with van der Waals surface area (Å²) >= 11 is 0. The fourth-order valence-electron chi connectivity index (χ4n) is 1.60. The zero-order valence-electron chi connectivity index (χ0n) is 10.6. The molecule has 0 aliphatic heterocycles. The summed E-state index contributed by atoms with van der Waals surface area (Å²) in [5.41, 5.74) is 0.959. The van der Waals surface area contributed by atoms with Crippen molar-refractivity contribution in [2.75, 3.05) is 19.0 Å². The maximum Gasteiger partial charge on any atom is 0.130 e. The van der Waals surface area contributed by atoms with Gasteiger partial charge in [-0.1, -0.05) is 13.3 Å². The highest BCUT2D eigenvalue weighted by molar-refractivity contribution is 5.37. The van der Waals surface area contributed by atoms with E-state index in [0.29, 0.717) is 6.61 Å². The Bertz CT molecular complexity index is 326. The van der Waals surface area contributed by atoms with E-state index in [1.54, 1.807) is 13.4 Å². The molecule has 90 valence electrons. The van der Waals surface area contributed by atoms with Gasteiger partial charge in [-0.25, -0.2) is 9.97 Å². The molecule has 4 nitrogen and oxygen atoms in total. The first-order valence-electron chi connectivity index (χ1n) is 5.65. The molecule has 0 unspecified atom stereocenters. The topological polar surface area (TPSA) is 47.0 Å². The molecule has 0 radical (unpaired) electrons. The molecule has 1 heterocycles. The second-order valence-corrected chi connectivity index (χ2v) is 4.59. The van der Waals surface area contributed by atoms with E-state index in [-0.39, 0.29) is 5.54 Å². The number of ether oxygens (including phenoxy) is 1. The molecule has 0 aromatic carbocycles. The van der Waals surface area contributed by atoms with Crippen molar-refractivity contribution in [3.05, 3.63) is 18.1 Å². The molecule has 0 saturated carbocycles. The molecule has 0 spiro atoms. The van der Waals surface area contributed by atoms with Gasteiger partial charge in [-0.3, -0.25) is 0 Å². The molecule has 0 bridgehead atoms. The summed E-state index contributed by atoms with van der Waals surface area (Å²) in [5.74, 6) is 0.862. The van der Waals surface area contributed by atoms with Crippen molar-refractivity contribution < 1.29 is 4.74 Å². The van der Waals surface area contributed by atoms with E-state index >= 15 is 0 Å². The first kappa shape index (κ1) is 12.9. The monoisotopic (exact) mass is 223 g/mol. The lowest BCUT2D eigenvalue weighted by Crippen LogP contribution is -2.36. The zero-order valence-corrected chi connectivity index (χ0v) is 10.6. The normalized spacial score (nSPS) is 11.5. The van der Waals surface area contributed by atoms with Gasteiger partial charge in [0.15, 0.2) is 0 Å². The van der Waals surface area contributed by atoms with Crippen LogP contribution in [-0.4, -0.2) is 29.2 Å². The second-order valence-electron chi connectivity index (χ2n) is 4.59. The van der Waals surface area contributed by atoms with Crippen LogP contribution in [-0.2, 0) is 11.2 Å². The van der Waals surface area contributed by atoms with Crippen molar-refractivity contribution in [2.24, 2.45) is 0 Å². The summed E-state index contributed by atoms with van der Waals surface area (Å²) in [6, 6.07) is 2.00. The van der Waals surface area contributed by atoms with Gasteiger partial charge in [0.2, 0.25) is 0 Å². The molecule has 4 heteroatoms. The van der Waals surface area contributed by atoms with E-state index in [2.05, 4.69) is 36.1 Å². The highest BCUT2D eigenvalue weighted by atomic mass is 16.5. The Morgan fingerprint density at radius 3 is 2.75 bits per heavy atom. The number of anilines is 1. The summed E-state index contributed by atoms with van der Waals surface area (Å²) in [6.45, 7) is 6.94. The third-order valence-corrected chi connectivity index (χ3v) is 2.20. The summed E-state index contributed by atoms with van der Waals surface area (Å²) in [5, 5.41) is 3.34. The summed E-state index contributed by atoms with van der Waals surface area (Å²) in [7, 11) is 1.70. The number of aromatic nitrogens is 2. The molecule has 0 fully saturated rings. The fourth-order valence-corrected chi connectivity index (χ4v) is 1.60. The molecule has 0 aliphatic carbocycles. The van der Waals surface area contributed by atoms with Gasteiger partial charge in [0.05, 0.1) is 12.1 Å². The van der Waals surface area contributed by atoms with E-state index in [0.717, 1.165) is 24.4 Å². The van der Waals surface area contributed by atoms with Crippen LogP contribution in [0.5, 0.6) is 0 Å². The zero-order chi connectivity index (χ0) is 12.0. The van der Waals surface area contributed by atoms with E-state index in [9.17, 15) is 0 Å². The second kappa shape index (κ2) is 5.80. The Morgan fingerprint density at radius 1 is 1.38 bits per heavy atom. The Labute approximate surface area is 97.5 Å². The third-order valence-electron chi connectivity index (χ3n) is 2.20. The number of methoxy groups -OCH3 is 1. The van der Waals surface area contributed by atoms with Gasteiger partial charge in [0.25, 0.3) is 0 Å². The highest BCUT2D eigenvalue weighted by Crippen LogP contribution is 2.13. The van der Waals surface area contributed by atoms with Gasteiger partial charge >= 0.3 is 0 Å². The van der Waals surface area contributed by atoms with Crippen LogP contribution in [0.25, 0.3) is 0 Å². The lowest BCUT2D eigenvalue weighted by atomic mass is 10.1. The van der Waals surface area contributed by atoms with Gasteiger partial charge in [0.1, 0.15) is 12.1 Å². The van der Waals surface area contributed by atoms with Crippen molar-refractivity contribution in [3.63, 3.8) is 0 Å². The predicted molar refractivity (Wildman–Crippen MR) is 65.6 cm³/mol. The Morgan fingerprint density at radius 2 is 2.12 bits per heavy atom. The van der Waals surface area contributed by atoms with Crippen molar-refractivity contribution >= 4 is 5.82 Å². The van der Waals surface area contributed by atoms with Crippen molar-refractivity contribution in [2.45, 2.75) is 39.2 Å². The van der Waals surface area contributed by atoms with Crippen molar-refractivity contribution in [3.8, 4) is 0 Å². The number of rotatable bonds is 6. The number of nitrogens with one attached hydrogen (secondary N) is 1. The average Bonchev–Trinajstić information content (AvgIpc) is 2.17. The molecule has 0 saturated heterocycles. The first-order valence-corrected chi connectivity index (χ1v) is 5.65. The minimum Gasteiger partial charge on any atom is -0.382 e. The summed E-state index contributed by atoms with van der Waals surface area (Å²) < 4.78 is 5.15. The Balaban J connectivity index is 2.69. The fraction of sp³-hybridized carbons (Fsp3) is 0.667. The molecule has 1 aromatic heterocycles. The maximum absolute atomic E-state index is 5.15. The van der Waals surface area contributed by atoms with Crippen molar-refractivity contribution in [1.82, 2.24) is 9.97 Å². The molecule has 0 aliphatic rings. The van der Waals surface area contributed by atoms with E-state index in [1.165, 1.54) is 0 Å². The number of hydrogen-bond acceptors (Lipinski definition) is 4. The van der Waals surface area contributed by atoms with Gasteiger partial charge in [-0.2, -0.15) is 0 Å². The molecule has 1 N–H and O–H groups in total. The number of hydrogen-bond donors (Lipinski definition) is 1. The van der Waals surface area contributed by atoms with Crippen LogP contribution in [0.1, 0.15) is 32.9 Å². The van der Waals surface area contributed by atoms with E-state index in [1.807, 2.05) is 6.07 Å². The Hall–Kier alpha value is -1.16. The van der Waals surface area contributed by atoms with Crippen LogP contribution in [0.3, 0.4) is 0 Å². The van der Waals surface area contributed by atoms with E-state index < -0.39 is 0 Å². The number of aryl methyl sites for hydroxylation is 1. The SMILES string of the molecule is CCCc1cc(NC(C)(C)COC)ncn1. The Kier molecular flexibility index (Phi) is 4.68. The van der Waals surface area contributed by atoms with Crippen LogP contribution in [0.15, 0.2) is 12.4 Å². The van der Waals surface area contributed by atoms with Crippen LogP contribution >= 0.6 is 0 Å². The molecule has 1 aromatic rings. The molecule has 1 rings (SSSR count). The molecule has 0 amide bonds. The first-order chi connectivity index (χ1) is 7.57. The van der Waals surface area contributed by atoms with Crippen LogP contribution in [0.4, 0.5) is 5.82 Å². The summed E-state index contributed by atoms with van der Waals surface area (Å²) in [4.78, 5) is 8.43. The van der Waals surface area contributed by atoms with Gasteiger partial charge in [0, 0.05) is 18.9 Å². The summed E-state index contributed by atoms with van der Waals surface area (Å²) in [6.07, 6.45) is 3.69. The highest BCUT2D eigenvalue weighted by Gasteiger charge is 2.17. The molecule has 16 heavy (non-hydrogen) atoms. The lowest BCUT2D eigenvalue weighted by Gasteiger charge is -2.25. The van der Waals surface area contributed by atoms with Crippen LogP contribution in [0, 0.1) is 0 Å². The largest absolute Gasteiger partial charge is 0.382 e. The quantitative estimate of drug-likeness (QED) is 0.803. The van der Waals surface area contributed by atoms with Gasteiger partial charge < -0.3 is 10.1 Å². The molecule has 0 atom stereocenters. The number of nitrogens with zero attached hydrogens (tertiary/aromatic N) is 2. The third kappa shape index (κ3) is 4.14. The average molecular weight is 223 g/mol. The van der Waals surface area contributed by atoms with Crippen LogP contribution in [0.2, 0.25) is 0 Å². The molecular formula is C12H21N3O. The maximum atomic E-state index is 5.15. The predicted octanol–water partition coefficient (Wildman–Crippen LogP) is 2.27. The van der Waals surface area contributed by atoms with Crippen molar-refractivity contribution in [1.29, 1.82) is 0 Å². The minimum absolute atomic E-state index is 0.118. The van der Waals surface area contributed by atoms with Crippen LogP contribution < -0.4 is 5.32 Å². The van der Waals surface area contributed by atoms with E-state index in [4.69, 9.17) is 4.74 Å². The van der Waals surface area contributed by atoms with Gasteiger partial charge in [-0.05, 0) is 20.3 Å². The van der Waals surface area contributed by atoms with Gasteiger partial charge in [-0.15, -0.1) is 0 Å². The lowest BCUT2D eigenvalue weighted by molar-refractivity contribution is 0.158. The standard InChI is InChI=1S/C12H21N3O/c1-5-6-10-7-11(14-9-13-10)15-12(2,3)8-16-4/h7,9H,5-6,8H2,1-4H3,(H,13,14,15). The smallest absolute Gasteiger partial charge is 0.130 e. The molecular weight excluding hydrogens is 202 g/mol.